The fraction of sp³-hybridized carbons (Fsp3) is 0.200. The molecule has 0 saturated carbocycles. The number of halogens is 2. The van der Waals surface area contributed by atoms with Gasteiger partial charge in [-0.2, -0.15) is 10.4 Å². The predicted molar refractivity (Wildman–Crippen MR) is 108 cm³/mol. The summed E-state index contributed by atoms with van der Waals surface area (Å²) in [6.07, 6.45) is 2.81. The van der Waals surface area contributed by atoms with Gasteiger partial charge in [0.15, 0.2) is 0 Å². The smallest absolute Gasteiger partial charge is 0.251 e. The van der Waals surface area contributed by atoms with Gasteiger partial charge in [-0.05, 0) is 43.3 Å². The summed E-state index contributed by atoms with van der Waals surface area (Å²) in [5.74, 6) is -0.399. The standard InChI is InChI=1S/C20H17Cl2N5O2/c1-13(26-19(28)15-4-2-14(9-23)3-5-15)20(29,10-27-12-24-11-25-27)17-7-6-16(21)8-18(17)22/h2-8,11-13,29H,10H2,1H3,(H,26,28)/t13-,20-/m1/s1. The van der Waals surface area contributed by atoms with Crippen LogP contribution in [0.5, 0.6) is 0 Å². The summed E-state index contributed by atoms with van der Waals surface area (Å²) in [4.78, 5) is 16.6. The van der Waals surface area contributed by atoms with Crippen LogP contribution in [0.15, 0.2) is 55.1 Å². The monoisotopic (exact) mass is 429 g/mol. The van der Waals surface area contributed by atoms with Crippen LogP contribution in [0.2, 0.25) is 10.0 Å². The highest BCUT2D eigenvalue weighted by atomic mass is 35.5. The lowest BCUT2D eigenvalue weighted by Gasteiger charge is -2.35. The van der Waals surface area contributed by atoms with Gasteiger partial charge in [-0.25, -0.2) is 9.67 Å². The summed E-state index contributed by atoms with van der Waals surface area (Å²) >= 11 is 12.3. The normalized spacial score (nSPS) is 13.9. The Hall–Kier alpha value is -2.92. The van der Waals surface area contributed by atoms with Crippen molar-refractivity contribution in [3.63, 3.8) is 0 Å². The minimum atomic E-state index is -1.60. The van der Waals surface area contributed by atoms with Crippen LogP contribution in [0, 0.1) is 11.3 Å². The molecule has 2 N–H and O–H groups in total. The maximum atomic E-state index is 12.7. The van der Waals surface area contributed by atoms with Gasteiger partial charge in [0.2, 0.25) is 0 Å². The van der Waals surface area contributed by atoms with E-state index in [0.29, 0.717) is 21.7 Å². The number of nitrogens with zero attached hydrogens (tertiary/aromatic N) is 4. The van der Waals surface area contributed by atoms with Crippen molar-refractivity contribution in [3.05, 3.63) is 81.9 Å². The molecule has 7 nitrogen and oxygen atoms in total. The number of aromatic nitrogens is 3. The van der Waals surface area contributed by atoms with Crippen molar-refractivity contribution in [2.24, 2.45) is 0 Å². The van der Waals surface area contributed by atoms with E-state index in [0.717, 1.165) is 0 Å². The van der Waals surface area contributed by atoms with Gasteiger partial charge in [-0.1, -0.05) is 29.3 Å². The average molecular weight is 430 g/mol. The van der Waals surface area contributed by atoms with Crippen molar-refractivity contribution in [1.82, 2.24) is 20.1 Å². The Morgan fingerprint density at radius 3 is 2.62 bits per heavy atom. The van der Waals surface area contributed by atoms with Crippen LogP contribution in [0.1, 0.15) is 28.4 Å². The molecule has 0 bridgehead atoms. The molecule has 0 aliphatic carbocycles. The first-order valence-corrected chi connectivity index (χ1v) is 9.40. The Morgan fingerprint density at radius 1 is 1.31 bits per heavy atom. The van der Waals surface area contributed by atoms with Crippen molar-refractivity contribution in [2.45, 2.75) is 25.1 Å². The predicted octanol–water partition coefficient (Wildman–Crippen LogP) is 3.16. The second kappa shape index (κ2) is 8.62. The first kappa shape index (κ1) is 20.8. The fourth-order valence-electron chi connectivity index (χ4n) is 2.95. The molecule has 1 aromatic heterocycles. The van der Waals surface area contributed by atoms with Crippen molar-refractivity contribution in [2.75, 3.05) is 0 Å². The number of benzene rings is 2. The topological polar surface area (TPSA) is 104 Å². The van der Waals surface area contributed by atoms with Gasteiger partial charge in [0.05, 0.1) is 24.2 Å². The molecule has 148 valence electrons. The zero-order valence-electron chi connectivity index (χ0n) is 15.4. The highest BCUT2D eigenvalue weighted by Gasteiger charge is 2.39. The summed E-state index contributed by atoms with van der Waals surface area (Å²) in [7, 11) is 0. The van der Waals surface area contributed by atoms with E-state index in [-0.39, 0.29) is 11.6 Å². The van der Waals surface area contributed by atoms with E-state index < -0.39 is 17.6 Å². The number of nitrogens with one attached hydrogen (secondary N) is 1. The number of rotatable bonds is 6. The van der Waals surface area contributed by atoms with Gasteiger partial charge >= 0.3 is 0 Å². The number of aliphatic hydroxyl groups is 1. The number of carbonyl (C=O) groups excluding carboxylic acids is 1. The van der Waals surface area contributed by atoms with Gasteiger partial charge in [0.1, 0.15) is 18.3 Å². The van der Waals surface area contributed by atoms with Gasteiger partial charge in [0.25, 0.3) is 5.91 Å². The molecule has 1 heterocycles. The molecule has 3 rings (SSSR count). The molecule has 0 fully saturated rings. The van der Waals surface area contributed by atoms with Crippen LogP contribution >= 0.6 is 23.2 Å². The highest BCUT2D eigenvalue weighted by Crippen LogP contribution is 2.34. The molecule has 0 aliphatic heterocycles. The van der Waals surface area contributed by atoms with E-state index in [9.17, 15) is 9.90 Å². The first-order valence-electron chi connectivity index (χ1n) is 8.65. The molecule has 0 radical (unpaired) electrons. The number of hydrogen-bond donors (Lipinski definition) is 2. The van der Waals surface area contributed by atoms with E-state index in [2.05, 4.69) is 15.4 Å². The average Bonchev–Trinajstić information content (AvgIpc) is 3.20. The lowest BCUT2D eigenvalue weighted by Crippen LogP contribution is -2.51. The minimum absolute atomic E-state index is 0.00314. The van der Waals surface area contributed by atoms with Crippen molar-refractivity contribution >= 4 is 29.1 Å². The summed E-state index contributed by atoms with van der Waals surface area (Å²) in [5, 5.41) is 28.0. The van der Waals surface area contributed by atoms with Crippen LogP contribution in [-0.4, -0.2) is 31.8 Å². The Balaban J connectivity index is 1.92. The van der Waals surface area contributed by atoms with Crippen LogP contribution < -0.4 is 5.32 Å². The number of hydrogen-bond acceptors (Lipinski definition) is 5. The molecule has 1 amide bonds. The van der Waals surface area contributed by atoms with Crippen LogP contribution in [0.4, 0.5) is 0 Å². The first-order chi connectivity index (χ1) is 13.8. The molecule has 9 heteroatoms. The van der Waals surface area contributed by atoms with Gasteiger partial charge in [0, 0.05) is 21.2 Å². The zero-order valence-corrected chi connectivity index (χ0v) is 16.9. The summed E-state index contributed by atoms with van der Waals surface area (Å²) in [6, 6.07) is 12.2. The third kappa shape index (κ3) is 4.57. The fourth-order valence-corrected chi connectivity index (χ4v) is 3.52. The maximum absolute atomic E-state index is 12.7. The molecule has 0 spiro atoms. The summed E-state index contributed by atoms with van der Waals surface area (Å²) in [6.45, 7) is 1.67. The molecule has 0 saturated heterocycles. The molecule has 2 aromatic carbocycles. The maximum Gasteiger partial charge on any atom is 0.251 e. The largest absolute Gasteiger partial charge is 0.381 e. The van der Waals surface area contributed by atoms with E-state index in [1.54, 1.807) is 43.3 Å². The zero-order chi connectivity index (χ0) is 21.0. The molecule has 2 atom stereocenters. The molecule has 0 unspecified atom stereocenters. The second-order valence-corrected chi connectivity index (χ2v) is 7.37. The Bertz CT molecular complexity index is 1050. The number of nitriles is 1. The lowest BCUT2D eigenvalue weighted by molar-refractivity contribution is -0.0155. The van der Waals surface area contributed by atoms with E-state index in [1.807, 2.05) is 6.07 Å². The van der Waals surface area contributed by atoms with Gasteiger partial charge < -0.3 is 10.4 Å². The lowest BCUT2D eigenvalue weighted by atomic mass is 9.86. The minimum Gasteiger partial charge on any atom is -0.381 e. The molecular formula is C20H17Cl2N5O2. The molecule has 0 aliphatic rings. The summed E-state index contributed by atoms with van der Waals surface area (Å²) < 4.78 is 1.45. The quantitative estimate of drug-likeness (QED) is 0.625. The number of carbonyl (C=O) groups is 1. The Labute approximate surface area is 177 Å². The Kier molecular flexibility index (Phi) is 6.18. The van der Waals surface area contributed by atoms with Crippen LogP contribution in [-0.2, 0) is 12.1 Å². The Morgan fingerprint density at radius 2 is 2.03 bits per heavy atom. The second-order valence-electron chi connectivity index (χ2n) is 6.53. The SMILES string of the molecule is C[C@@H](NC(=O)c1ccc(C#N)cc1)[C@](O)(Cn1cncn1)c1ccc(Cl)cc1Cl. The van der Waals surface area contributed by atoms with Crippen molar-refractivity contribution < 1.29 is 9.90 Å². The van der Waals surface area contributed by atoms with Crippen molar-refractivity contribution in [1.29, 1.82) is 5.26 Å². The van der Waals surface area contributed by atoms with Crippen molar-refractivity contribution in [3.8, 4) is 6.07 Å². The van der Waals surface area contributed by atoms with Gasteiger partial charge in [-0.15, -0.1) is 0 Å². The van der Waals surface area contributed by atoms with E-state index in [4.69, 9.17) is 28.5 Å². The number of amides is 1. The molecular weight excluding hydrogens is 413 g/mol. The molecule has 3 aromatic rings. The van der Waals surface area contributed by atoms with Crippen LogP contribution in [0.3, 0.4) is 0 Å². The van der Waals surface area contributed by atoms with E-state index >= 15 is 0 Å². The van der Waals surface area contributed by atoms with Gasteiger partial charge in [-0.3, -0.25) is 4.79 Å². The highest BCUT2D eigenvalue weighted by molar-refractivity contribution is 6.35. The third-order valence-electron chi connectivity index (χ3n) is 4.61. The van der Waals surface area contributed by atoms with E-state index in [1.165, 1.54) is 23.4 Å². The molecule has 29 heavy (non-hydrogen) atoms. The van der Waals surface area contributed by atoms with Crippen LogP contribution in [0.25, 0.3) is 0 Å². The third-order valence-corrected chi connectivity index (χ3v) is 5.16. The summed E-state index contributed by atoms with van der Waals surface area (Å²) in [5.41, 5.74) is -0.393.